The summed E-state index contributed by atoms with van der Waals surface area (Å²) in [5.74, 6) is 0.817. The summed E-state index contributed by atoms with van der Waals surface area (Å²) < 4.78 is 42.4. The SMILES string of the molecule is N#Cc1cnc(Nc2cc(NCC3CCCCC3)c(OCC(F)(F)F)nn2)cn1. The Kier molecular flexibility index (Phi) is 6.64. The van der Waals surface area contributed by atoms with Crippen molar-refractivity contribution in [3.63, 3.8) is 0 Å². The monoisotopic (exact) mass is 407 g/mol. The molecule has 2 aromatic rings. The molecule has 0 unspecified atom stereocenters. The van der Waals surface area contributed by atoms with Crippen molar-refractivity contribution in [3.05, 3.63) is 24.2 Å². The normalized spacial score (nSPS) is 14.8. The molecular formula is C18H20F3N7O. The Labute approximate surface area is 165 Å². The van der Waals surface area contributed by atoms with Gasteiger partial charge in [-0.25, -0.2) is 9.97 Å². The Morgan fingerprint density at radius 3 is 2.55 bits per heavy atom. The van der Waals surface area contributed by atoms with Gasteiger partial charge in [-0.3, -0.25) is 0 Å². The van der Waals surface area contributed by atoms with Crippen molar-refractivity contribution in [3.8, 4) is 11.9 Å². The summed E-state index contributed by atoms with van der Waals surface area (Å²) in [6.07, 6.45) is 3.85. The highest BCUT2D eigenvalue weighted by Crippen LogP contribution is 2.29. The molecule has 3 rings (SSSR count). The van der Waals surface area contributed by atoms with Crippen LogP contribution in [0.2, 0.25) is 0 Å². The van der Waals surface area contributed by atoms with Crippen LogP contribution in [0.1, 0.15) is 37.8 Å². The van der Waals surface area contributed by atoms with E-state index >= 15 is 0 Å². The quantitative estimate of drug-likeness (QED) is 0.713. The van der Waals surface area contributed by atoms with Crippen LogP contribution in [-0.4, -0.2) is 39.5 Å². The molecule has 0 atom stereocenters. The summed E-state index contributed by atoms with van der Waals surface area (Å²) in [5, 5.41) is 22.4. The lowest BCUT2D eigenvalue weighted by Gasteiger charge is -2.23. The van der Waals surface area contributed by atoms with Gasteiger partial charge in [-0.15, -0.1) is 10.2 Å². The molecule has 29 heavy (non-hydrogen) atoms. The lowest BCUT2D eigenvalue weighted by Crippen LogP contribution is -2.22. The molecule has 1 aliphatic carbocycles. The smallest absolute Gasteiger partial charge is 0.422 e. The van der Waals surface area contributed by atoms with Gasteiger partial charge in [0, 0.05) is 12.6 Å². The maximum Gasteiger partial charge on any atom is 0.422 e. The standard InChI is InChI=1S/C18H20F3N7O/c19-18(20,21)11-29-17-14(24-8-12-4-2-1-3-5-12)6-15(27-28-17)26-16-10-23-13(7-22)9-25-16/h6,9-10,12H,1-5,8,11H2,(H2,24,25,26,27). The molecule has 0 spiro atoms. The Morgan fingerprint density at radius 1 is 1.10 bits per heavy atom. The fourth-order valence-electron chi connectivity index (χ4n) is 3.05. The molecule has 0 aromatic carbocycles. The minimum absolute atomic E-state index is 0.160. The molecule has 0 radical (unpaired) electrons. The Hall–Kier alpha value is -3.16. The van der Waals surface area contributed by atoms with E-state index in [0.29, 0.717) is 24.0 Å². The van der Waals surface area contributed by atoms with Crippen molar-refractivity contribution in [1.82, 2.24) is 20.2 Å². The third-order valence-electron chi connectivity index (χ3n) is 4.46. The first kappa shape index (κ1) is 20.6. The van der Waals surface area contributed by atoms with Crippen LogP contribution in [0.4, 0.5) is 30.5 Å². The zero-order valence-corrected chi connectivity index (χ0v) is 15.5. The number of nitrogens with one attached hydrogen (secondary N) is 2. The number of halogens is 3. The fraction of sp³-hybridized carbons (Fsp3) is 0.500. The number of nitrogens with zero attached hydrogens (tertiary/aromatic N) is 5. The van der Waals surface area contributed by atoms with E-state index in [1.807, 2.05) is 6.07 Å². The zero-order valence-electron chi connectivity index (χ0n) is 15.5. The summed E-state index contributed by atoms with van der Waals surface area (Å²) in [7, 11) is 0. The number of rotatable bonds is 7. The Morgan fingerprint density at radius 2 is 1.90 bits per heavy atom. The van der Waals surface area contributed by atoms with Crippen LogP contribution in [0.15, 0.2) is 18.5 Å². The molecule has 0 aliphatic heterocycles. The van der Waals surface area contributed by atoms with Gasteiger partial charge < -0.3 is 15.4 Å². The number of aromatic nitrogens is 4. The highest BCUT2D eigenvalue weighted by Gasteiger charge is 2.29. The average Bonchev–Trinajstić information content (AvgIpc) is 2.72. The molecule has 1 aliphatic rings. The highest BCUT2D eigenvalue weighted by atomic mass is 19.4. The second-order valence-electron chi connectivity index (χ2n) is 6.76. The van der Waals surface area contributed by atoms with Gasteiger partial charge in [0.25, 0.3) is 5.88 Å². The Balaban J connectivity index is 1.73. The van der Waals surface area contributed by atoms with Crippen LogP contribution in [-0.2, 0) is 0 Å². The van der Waals surface area contributed by atoms with Crippen molar-refractivity contribution >= 4 is 17.3 Å². The van der Waals surface area contributed by atoms with Gasteiger partial charge in [-0.1, -0.05) is 19.3 Å². The third kappa shape index (κ3) is 6.44. The first-order valence-electron chi connectivity index (χ1n) is 9.23. The maximum atomic E-state index is 12.5. The summed E-state index contributed by atoms with van der Waals surface area (Å²) in [6.45, 7) is -0.835. The second kappa shape index (κ2) is 9.36. The molecule has 11 heteroatoms. The molecule has 2 heterocycles. The van der Waals surface area contributed by atoms with Gasteiger partial charge >= 0.3 is 6.18 Å². The van der Waals surface area contributed by atoms with Crippen LogP contribution in [0, 0.1) is 17.2 Å². The minimum atomic E-state index is -4.47. The van der Waals surface area contributed by atoms with Crippen LogP contribution in [0.5, 0.6) is 5.88 Å². The summed E-state index contributed by atoms with van der Waals surface area (Å²) in [6, 6.07) is 3.38. The maximum absolute atomic E-state index is 12.5. The van der Waals surface area contributed by atoms with E-state index in [1.165, 1.54) is 24.9 Å². The van der Waals surface area contributed by atoms with Crippen LogP contribution >= 0.6 is 0 Å². The zero-order chi connectivity index (χ0) is 20.7. The fourth-order valence-corrected chi connectivity index (χ4v) is 3.05. The van der Waals surface area contributed by atoms with Crippen molar-refractivity contribution in [2.75, 3.05) is 23.8 Å². The van der Waals surface area contributed by atoms with E-state index in [2.05, 4.69) is 30.8 Å². The van der Waals surface area contributed by atoms with Crippen LogP contribution < -0.4 is 15.4 Å². The van der Waals surface area contributed by atoms with Gasteiger partial charge in [0.1, 0.15) is 17.6 Å². The lowest BCUT2D eigenvalue weighted by atomic mass is 9.89. The highest BCUT2D eigenvalue weighted by molar-refractivity contribution is 5.61. The van der Waals surface area contributed by atoms with Crippen molar-refractivity contribution in [1.29, 1.82) is 5.26 Å². The molecular weight excluding hydrogens is 387 g/mol. The van der Waals surface area contributed by atoms with E-state index in [0.717, 1.165) is 25.7 Å². The summed E-state index contributed by atoms with van der Waals surface area (Å²) in [5.41, 5.74) is 0.478. The van der Waals surface area contributed by atoms with E-state index < -0.39 is 12.8 Å². The molecule has 0 saturated heterocycles. The van der Waals surface area contributed by atoms with E-state index in [1.54, 1.807) is 0 Å². The summed E-state index contributed by atoms with van der Waals surface area (Å²) in [4.78, 5) is 7.91. The van der Waals surface area contributed by atoms with Crippen molar-refractivity contribution < 1.29 is 17.9 Å². The first-order valence-corrected chi connectivity index (χ1v) is 9.23. The largest absolute Gasteiger partial charge is 0.465 e. The summed E-state index contributed by atoms with van der Waals surface area (Å²) >= 11 is 0. The predicted octanol–water partition coefficient (Wildman–Crippen LogP) is 3.82. The van der Waals surface area contributed by atoms with Crippen molar-refractivity contribution in [2.45, 2.75) is 38.3 Å². The van der Waals surface area contributed by atoms with Gasteiger partial charge in [-0.05, 0) is 18.8 Å². The minimum Gasteiger partial charge on any atom is -0.465 e. The number of ether oxygens (including phenoxy) is 1. The number of alkyl halides is 3. The van der Waals surface area contributed by atoms with E-state index in [9.17, 15) is 13.2 Å². The lowest BCUT2D eigenvalue weighted by molar-refractivity contribution is -0.154. The molecule has 1 saturated carbocycles. The van der Waals surface area contributed by atoms with Crippen molar-refractivity contribution in [2.24, 2.45) is 5.92 Å². The van der Waals surface area contributed by atoms with E-state index in [-0.39, 0.29) is 17.4 Å². The number of hydrogen-bond acceptors (Lipinski definition) is 8. The van der Waals surface area contributed by atoms with E-state index in [4.69, 9.17) is 10.00 Å². The van der Waals surface area contributed by atoms with Gasteiger partial charge in [0.2, 0.25) is 0 Å². The van der Waals surface area contributed by atoms with Gasteiger partial charge in [-0.2, -0.15) is 18.4 Å². The molecule has 2 N–H and O–H groups in total. The van der Waals surface area contributed by atoms with Crippen LogP contribution in [0.25, 0.3) is 0 Å². The first-order chi connectivity index (χ1) is 13.9. The molecule has 8 nitrogen and oxygen atoms in total. The predicted molar refractivity (Wildman–Crippen MR) is 98.7 cm³/mol. The molecule has 2 aromatic heterocycles. The molecule has 1 fully saturated rings. The topological polar surface area (TPSA) is 109 Å². The average molecular weight is 407 g/mol. The number of anilines is 3. The third-order valence-corrected chi connectivity index (χ3v) is 4.46. The number of hydrogen-bond donors (Lipinski definition) is 2. The number of nitriles is 1. The Bertz CT molecular complexity index is 846. The second-order valence-corrected chi connectivity index (χ2v) is 6.76. The molecule has 154 valence electrons. The van der Waals surface area contributed by atoms with Gasteiger partial charge in [0.15, 0.2) is 18.1 Å². The molecule has 0 amide bonds. The van der Waals surface area contributed by atoms with Crippen LogP contribution in [0.3, 0.4) is 0 Å². The molecule has 0 bridgehead atoms. The van der Waals surface area contributed by atoms with Gasteiger partial charge in [0.05, 0.1) is 12.4 Å².